The molecule has 1 saturated heterocycles. The lowest BCUT2D eigenvalue weighted by atomic mass is 9.59. The first kappa shape index (κ1) is 10.3. The van der Waals surface area contributed by atoms with Gasteiger partial charge in [0.2, 0.25) is 0 Å². The van der Waals surface area contributed by atoms with E-state index in [9.17, 15) is 4.79 Å². The fourth-order valence-electron chi connectivity index (χ4n) is 7.21. The van der Waals surface area contributed by atoms with Crippen molar-refractivity contribution in [2.24, 2.45) is 46.8 Å². The summed E-state index contributed by atoms with van der Waals surface area (Å²) in [5.74, 6) is 6.50. The standard InChI is InChI=1S/C16H22O2/c1-8-4-9-5-11(8)14-12-6-10(13(9)14)7-16(12)2-3-18-15(16)17/h8-14H,2-7H2,1H3. The molecule has 5 rings (SSSR count). The van der Waals surface area contributed by atoms with E-state index in [1.165, 1.54) is 25.7 Å². The maximum Gasteiger partial charge on any atom is 0.312 e. The SMILES string of the molecule is CC1CC2CC1C1C2C2CC1C1(CCOC1=O)C2. The van der Waals surface area contributed by atoms with Gasteiger partial charge in [-0.2, -0.15) is 0 Å². The summed E-state index contributed by atoms with van der Waals surface area (Å²) in [4.78, 5) is 12.2. The molecule has 98 valence electrons. The normalized spacial score (nSPS) is 63.8. The van der Waals surface area contributed by atoms with Crippen molar-refractivity contribution in [2.75, 3.05) is 6.61 Å². The monoisotopic (exact) mass is 246 g/mol. The second kappa shape index (κ2) is 2.96. The van der Waals surface area contributed by atoms with Gasteiger partial charge >= 0.3 is 5.97 Å². The van der Waals surface area contributed by atoms with Gasteiger partial charge in [-0.25, -0.2) is 0 Å². The summed E-state index contributed by atoms with van der Waals surface area (Å²) >= 11 is 0. The van der Waals surface area contributed by atoms with Crippen LogP contribution in [0.15, 0.2) is 0 Å². The Labute approximate surface area is 108 Å². The number of esters is 1. The molecule has 8 atom stereocenters. The molecule has 1 spiro atoms. The van der Waals surface area contributed by atoms with Crippen LogP contribution in [-0.2, 0) is 9.53 Å². The topological polar surface area (TPSA) is 26.3 Å². The van der Waals surface area contributed by atoms with Gasteiger partial charge in [0.25, 0.3) is 0 Å². The largest absolute Gasteiger partial charge is 0.465 e. The summed E-state index contributed by atoms with van der Waals surface area (Å²) in [7, 11) is 0. The molecule has 4 bridgehead atoms. The van der Waals surface area contributed by atoms with Crippen molar-refractivity contribution >= 4 is 5.97 Å². The first-order valence-electron chi connectivity index (χ1n) is 7.88. The Hall–Kier alpha value is -0.530. The molecule has 0 amide bonds. The Morgan fingerprint density at radius 2 is 2.06 bits per heavy atom. The molecular formula is C16H22O2. The summed E-state index contributed by atoms with van der Waals surface area (Å²) in [6.45, 7) is 3.15. The third-order valence-corrected chi connectivity index (χ3v) is 7.55. The summed E-state index contributed by atoms with van der Waals surface area (Å²) in [5, 5.41) is 0. The van der Waals surface area contributed by atoms with Gasteiger partial charge in [-0.15, -0.1) is 0 Å². The second-order valence-electron chi connectivity index (χ2n) is 7.88. The van der Waals surface area contributed by atoms with Crippen LogP contribution in [0, 0.1) is 46.8 Å². The zero-order valence-electron chi connectivity index (χ0n) is 11.1. The van der Waals surface area contributed by atoms with Crippen molar-refractivity contribution in [1.29, 1.82) is 0 Å². The molecule has 4 saturated carbocycles. The lowest BCUT2D eigenvalue weighted by molar-refractivity contribution is -0.151. The lowest BCUT2D eigenvalue weighted by Crippen LogP contribution is -2.43. The Bertz CT molecular complexity index is 431. The Balaban J connectivity index is 1.57. The highest BCUT2D eigenvalue weighted by atomic mass is 16.5. The molecule has 5 fully saturated rings. The smallest absolute Gasteiger partial charge is 0.312 e. The fourth-order valence-corrected chi connectivity index (χ4v) is 7.21. The van der Waals surface area contributed by atoms with Crippen LogP contribution in [0.2, 0.25) is 0 Å². The van der Waals surface area contributed by atoms with Crippen molar-refractivity contribution in [3.63, 3.8) is 0 Å². The zero-order chi connectivity index (χ0) is 12.1. The molecule has 0 radical (unpaired) electrons. The van der Waals surface area contributed by atoms with Crippen LogP contribution >= 0.6 is 0 Å². The quantitative estimate of drug-likeness (QED) is 0.485. The summed E-state index contributed by atoms with van der Waals surface area (Å²) in [6.07, 6.45) is 6.52. The third kappa shape index (κ3) is 0.916. The predicted molar refractivity (Wildman–Crippen MR) is 66.6 cm³/mol. The Morgan fingerprint density at radius 1 is 1.17 bits per heavy atom. The summed E-state index contributed by atoms with van der Waals surface area (Å²) < 4.78 is 5.36. The van der Waals surface area contributed by atoms with Crippen LogP contribution in [-0.4, -0.2) is 12.6 Å². The molecular weight excluding hydrogens is 224 g/mol. The van der Waals surface area contributed by atoms with Gasteiger partial charge in [-0.05, 0) is 73.5 Å². The zero-order valence-corrected chi connectivity index (χ0v) is 11.1. The van der Waals surface area contributed by atoms with Gasteiger partial charge in [0, 0.05) is 0 Å². The first-order valence-corrected chi connectivity index (χ1v) is 7.88. The maximum absolute atomic E-state index is 12.2. The van der Waals surface area contributed by atoms with Crippen LogP contribution in [0.5, 0.6) is 0 Å². The number of ether oxygens (including phenoxy) is 1. The average molecular weight is 246 g/mol. The number of hydrogen-bond acceptors (Lipinski definition) is 2. The molecule has 18 heavy (non-hydrogen) atoms. The molecule has 1 aliphatic heterocycles. The van der Waals surface area contributed by atoms with Crippen LogP contribution < -0.4 is 0 Å². The van der Waals surface area contributed by atoms with E-state index in [2.05, 4.69) is 6.92 Å². The van der Waals surface area contributed by atoms with E-state index >= 15 is 0 Å². The van der Waals surface area contributed by atoms with E-state index in [1.807, 2.05) is 0 Å². The van der Waals surface area contributed by atoms with Crippen LogP contribution in [0.25, 0.3) is 0 Å². The number of cyclic esters (lactones) is 1. The number of fused-ring (bicyclic) bond motifs is 10. The summed E-state index contributed by atoms with van der Waals surface area (Å²) in [6, 6.07) is 0. The molecule has 1 heterocycles. The molecule has 5 aliphatic rings. The highest BCUT2D eigenvalue weighted by molar-refractivity contribution is 5.80. The fraction of sp³-hybridized carbons (Fsp3) is 0.938. The average Bonchev–Trinajstić information content (AvgIpc) is 3.05. The first-order chi connectivity index (χ1) is 8.71. The van der Waals surface area contributed by atoms with Gasteiger partial charge in [-0.3, -0.25) is 4.79 Å². The van der Waals surface area contributed by atoms with Gasteiger partial charge < -0.3 is 4.74 Å². The number of hydrogen-bond donors (Lipinski definition) is 0. The molecule has 0 aromatic carbocycles. The molecule has 2 nitrogen and oxygen atoms in total. The van der Waals surface area contributed by atoms with Gasteiger partial charge in [-0.1, -0.05) is 6.92 Å². The minimum Gasteiger partial charge on any atom is -0.465 e. The minimum atomic E-state index is -0.0178. The van der Waals surface area contributed by atoms with E-state index < -0.39 is 0 Å². The number of carbonyl (C=O) groups excluding carboxylic acids is 1. The number of rotatable bonds is 0. The van der Waals surface area contributed by atoms with Crippen LogP contribution in [0.4, 0.5) is 0 Å². The molecule has 8 unspecified atom stereocenters. The third-order valence-electron chi connectivity index (χ3n) is 7.55. The van der Waals surface area contributed by atoms with Gasteiger partial charge in [0.1, 0.15) is 0 Å². The van der Waals surface area contributed by atoms with Crippen molar-refractivity contribution in [1.82, 2.24) is 0 Å². The number of carbonyl (C=O) groups is 1. The Kier molecular flexibility index (Phi) is 1.69. The molecule has 0 aromatic rings. The van der Waals surface area contributed by atoms with Crippen LogP contribution in [0.1, 0.15) is 39.0 Å². The van der Waals surface area contributed by atoms with Crippen LogP contribution in [0.3, 0.4) is 0 Å². The van der Waals surface area contributed by atoms with E-state index in [0.717, 1.165) is 41.9 Å². The predicted octanol–water partition coefficient (Wildman–Crippen LogP) is 2.87. The van der Waals surface area contributed by atoms with Crippen molar-refractivity contribution in [2.45, 2.75) is 39.0 Å². The molecule has 2 heteroatoms. The minimum absolute atomic E-state index is 0.0178. The van der Waals surface area contributed by atoms with Gasteiger partial charge in [0.15, 0.2) is 0 Å². The van der Waals surface area contributed by atoms with E-state index in [1.54, 1.807) is 0 Å². The second-order valence-corrected chi connectivity index (χ2v) is 7.88. The summed E-state index contributed by atoms with van der Waals surface area (Å²) in [5.41, 5.74) is -0.0178. The molecule has 0 N–H and O–H groups in total. The highest BCUT2D eigenvalue weighted by Gasteiger charge is 2.71. The van der Waals surface area contributed by atoms with E-state index in [4.69, 9.17) is 4.74 Å². The van der Waals surface area contributed by atoms with Crippen molar-refractivity contribution < 1.29 is 9.53 Å². The van der Waals surface area contributed by atoms with Gasteiger partial charge in [0.05, 0.1) is 12.0 Å². The lowest BCUT2D eigenvalue weighted by Gasteiger charge is -2.44. The van der Waals surface area contributed by atoms with E-state index in [-0.39, 0.29) is 11.4 Å². The molecule has 4 aliphatic carbocycles. The maximum atomic E-state index is 12.2. The molecule has 0 aromatic heterocycles. The Morgan fingerprint density at radius 3 is 2.83 bits per heavy atom. The van der Waals surface area contributed by atoms with Crippen molar-refractivity contribution in [3.8, 4) is 0 Å². The van der Waals surface area contributed by atoms with Crippen molar-refractivity contribution in [3.05, 3.63) is 0 Å². The highest BCUT2D eigenvalue weighted by Crippen LogP contribution is 2.74. The van der Waals surface area contributed by atoms with E-state index in [0.29, 0.717) is 12.5 Å².